The van der Waals surface area contributed by atoms with Gasteiger partial charge < -0.3 is 15.2 Å². The van der Waals surface area contributed by atoms with Crippen LogP contribution >= 0.6 is 15.9 Å². The number of carbonyl (C=O) groups is 1. The number of ether oxygens (including phenoxy) is 1. The van der Waals surface area contributed by atoms with Crippen molar-refractivity contribution in [1.82, 2.24) is 0 Å². The molecular weight excluding hydrogens is 274 g/mol. The summed E-state index contributed by atoms with van der Waals surface area (Å²) in [7, 11) is 1.63. The third kappa shape index (κ3) is 3.83. The highest BCUT2D eigenvalue weighted by molar-refractivity contribution is 9.10. The zero-order chi connectivity index (χ0) is 12.0. The van der Waals surface area contributed by atoms with Crippen LogP contribution in [0.25, 0.3) is 0 Å². The maximum atomic E-state index is 10.4. The molecule has 4 nitrogen and oxygen atoms in total. The molecule has 2 N–H and O–H groups in total. The van der Waals surface area contributed by atoms with Gasteiger partial charge in [-0.3, -0.25) is 4.79 Å². The molecule has 0 aliphatic carbocycles. The molecule has 0 unspecified atom stereocenters. The Balaban J connectivity index is 2.70. The van der Waals surface area contributed by atoms with E-state index in [-0.39, 0.29) is 6.42 Å². The molecule has 1 aromatic carbocycles. The quantitative estimate of drug-likeness (QED) is 0.844. The van der Waals surface area contributed by atoms with E-state index in [9.17, 15) is 4.79 Å². The summed E-state index contributed by atoms with van der Waals surface area (Å²) in [5, 5.41) is 11.6. The summed E-state index contributed by atoms with van der Waals surface area (Å²) in [5.74, 6) is -0.809. The number of carboxylic acid groups (broad SMARTS) is 1. The van der Waals surface area contributed by atoms with E-state index in [4.69, 9.17) is 9.84 Å². The monoisotopic (exact) mass is 287 g/mol. The first-order valence-electron chi connectivity index (χ1n) is 4.87. The molecule has 16 heavy (non-hydrogen) atoms. The van der Waals surface area contributed by atoms with Gasteiger partial charge in [0.1, 0.15) is 0 Å². The van der Waals surface area contributed by atoms with Crippen LogP contribution in [0, 0.1) is 0 Å². The minimum Gasteiger partial charge on any atom is -0.481 e. The highest BCUT2D eigenvalue weighted by atomic mass is 79.9. The lowest BCUT2D eigenvalue weighted by Crippen LogP contribution is -2.09. The van der Waals surface area contributed by atoms with Crippen LogP contribution in [-0.4, -0.2) is 24.7 Å². The van der Waals surface area contributed by atoms with Gasteiger partial charge in [0, 0.05) is 29.4 Å². The lowest BCUT2D eigenvalue weighted by molar-refractivity contribution is -0.136. The van der Waals surface area contributed by atoms with E-state index >= 15 is 0 Å². The molecule has 0 radical (unpaired) electrons. The van der Waals surface area contributed by atoms with Gasteiger partial charge in [0.15, 0.2) is 0 Å². The van der Waals surface area contributed by atoms with Gasteiger partial charge in [0.05, 0.1) is 13.0 Å². The molecule has 0 bridgehead atoms. The number of hydrogen-bond donors (Lipinski definition) is 2. The van der Waals surface area contributed by atoms with Crippen LogP contribution < -0.4 is 5.32 Å². The SMILES string of the molecule is COCc1c(Br)cccc1NCCC(=O)O. The highest BCUT2D eigenvalue weighted by Crippen LogP contribution is 2.25. The lowest BCUT2D eigenvalue weighted by atomic mass is 10.2. The van der Waals surface area contributed by atoms with Crippen molar-refractivity contribution >= 4 is 27.6 Å². The van der Waals surface area contributed by atoms with Crippen molar-refractivity contribution in [3.8, 4) is 0 Å². The summed E-state index contributed by atoms with van der Waals surface area (Å²) in [5.41, 5.74) is 1.90. The largest absolute Gasteiger partial charge is 0.481 e. The van der Waals surface area contributed by atoms with Gasteiger partial charge in [-0.05, 0) is 12.1 Å². The van der Waals surface area contributed by atoms with Crippen molar-refractivity contribution in [1.29, 1.82) is 0 Å². The minimum absolute atomic E-state index is 0.0962. The van der Waals surface area contributed by atoms with Crippen molar-refractivity contribution in [2.45, 2.75) is 13.0 Å². The number of anilines is 1. The molecule has 0 heterocycles. The zero-order valence-electron chi connectivity index (χ0n) is 9.00. The predicted octanol–water partition coefficient (Wildman–Crippen LogP) is 2.48. The number of rotatable bonds is 6. The van der Waals surface area contributed by atoms with Crippen molar-refractivity contribution in [3.63, 3.8) is 0 Å². The number of halogens is 1. The van der Waals surface area contributed by atoms with E-state index < -0.39 is 5.97 Å². The van der Waals surface area contributed by atoms with E-state index in [1.165, 1.54) is 0 Å². The lowest BCUT2D eigenvalue weighted by Gasteiger charge is -2.12. The van der Waals surface area contributed by atoms with Gasteiger partial charge in [0.2, 0.25) is 0 Å². The Morgan fingerprint density at radius 1 is 1.56 bits per heavy atom. The van der Waals surface area contributed by atoms with Crippen LogP contribution in [0.1, 0.15) is 12.0 Å². The van der Waals surface area contributed by atoms with E-state index in [1.807, 2.05) is 18.2 Å². The van der Waals surface area contributed by atoms with Gasteiger partial charge in [-0.25, -0.2) is 0 Å². The van der Waals surface area contributed by atoms with Crippen LogP contribution in [-0.2, 0) is 16.1 Å². The smallest absolute Gasteiger partial charge is 0.305 e. The highest BCUT2D eigenvalue weighted by Gasteiger charge is 2.06. The number of carboxylic acids is 1. The van der Waals surface area contributed by atoms with Crippen LogP contribution in [0.5, 0.6) is 0 Å². The Kier molecular flexibility index (Phi) is 5.28. The van der Waals surface area contributed by atoms with E-state index in [1.54, 1.807) is 7.11 Å². The molecule has 0 aliphatic heterocycles. The number of methoxy groups -OCH3 is 1. The Hall–Kier alpha value is -1.07. The Morgan fingerprint density at radius 3 is 2.94 bits per heavy atom. The molecule has 0 aliphatic rings. The fourth-order valence-corrected chi connectivity index (χ4v) is 1.80. The molecule has 0 atom stereocenters. The number of nitrogens with one attached hydrogen (secondary N) is 1. The summed E-state index contributed by atoms with van der Waals surface area (Å²) in [6.07, 6.45) is 0.0962. The number of aliphatic carboxylic acids is 1. The Labute approximate surface area is 103 Å². The Morgan fingerprint density at radius 2 is 2.31 bits per heavy atom. The van der Waals surface area contributed by atoms with Gasteiger partial charge >= 0.3 is 5.97 Å². The maximum absolute atomic E-state index is 10.4. The van der Waals surface area contributed by atoms with E-state index in [2.05, 4.69) is 21.2 Å². The topological polar surface area (TPSA) is 58.6 Å². The summed E-state index contributed by atoms with van der Waals surface area (Å²) >= 11 is 3.43. The first-order chi connectivity index (χ1) is 7.65. The van der Waals surface area contributed by atoms with Gasteiger partial charge in [-0.15, -0.1) is 0 Å². The van der Waals surface area contributed by atoms with Crippen LogP contribution in [0.4, 0.5) is 5.69 Å². The number of hydrogen-bond acceptors (Lipinski definition) is 3. The fourth-order valence-electron chi connectivity index (χ4n) is 1.32. The van der Waals surface area contributed by atoms with E-state index in [0.29, 0.717) is 13.2 Å². The third-order valence-electron chi connectivity index (χ3n) is 2.06. The van der Waals surface area contributed by atoms with Crippen molar-refractivity contribution in [3.05, 3.63) is 28.2 Å². The normalized spacial score (nSPS) is 10.1. The second kappa shape index (κ2) is 6.50. The molecule has 0 saturated heterocycles. The fraction of sp³-hybridized carbons (Fsp3) is 0.364. The van der Waals surface area contributed by atoms with Crippen LogP contribution in [0.3, 0.4) is 0 Å². The zero-order valence-corrected chi connectivity index (χ0v) is 10.6. The molecule has 0 saturated carbocycles. The van der Waals surface area contributed by atoms with E-state index in [0.717, 1.165) is 15.7 Å². The molecule has 88 valence electrons. The minimum atomic E-state index is -0.809. The molecule has 1 rings (SSSR count). The predicted molar refractivity (Wildman–Crippen MR) is 65.6 cm³/mol. The standard InChI is InChI=1S/C11H14BrNO3/c1-16-7-8-9(12)3-2-4-10(8)13-6-5-11(14)15/h2-4,13H,5-7H2,1H3,(H,14,15). The second-order valence-corrected chi connectivity index (χ2v) is 4.12. The van der Waals surface area contributed by atoms with Gasteiger partial charge in [0.25, 0.3) is 0 Å². The summed E-state index contributed by atoms with van der Waals surface area (Å²) in [4.78, 5) is 10.4. The summed E-state index contributed by atoms with van der Waals surface area (Å²) in [6, 6.07) is 5.73. The second-order valence-electron chi connectivity index (χ2n) is 3.27. The number of benzene rings is 1. The first-order valence-corrected chi connectivity index (χ1v) is 5.66. The molecule has 5 heteroatoms. The van der Waals surface area contributed by atoms with Crippen molar-refractivity contribution < 1.29 is 14.6 Å². The van der Waals surface area contributed by atoms with Crippen LogP contribution in [0.15, 0.2) is 22.7 Å². The molecular formula is C11H14BrNO3. The molecule has 0 aromatic heterocycles. The van der Waals surface area contributed by atoms with Crippen LogP contribution in [0.2, 0.25) is 0 Å². The molecule has 0 fully saturated rings. The van der Waals surface area contributed by atoms with Gasteiger partial charge in [-0.1, -0.05) is 22.0 Å². The third-order valence-corrected chi connectivity index (χ3v) is 2.80. The van der Waals surface area contributed by atoms with Gasteiger partial charge in [-0.2, -0.15) is 0 Å². The Bertz CT molecular complexity index is 368. The molecule has 0 spiro atoms. The summed E-state index contributed by atoms with van der Waals surface area (Å²) in [6.45, 7) is 0.888. The average molecular weight is 288 g/mol. The molecule has 0 amide bonds. The average Bonchev–Trinajstić information content (AvgIpc) is 2.22. The summed E-state index contributed by atoms with van der Waals surface area (Å²) < 4.78 is 6.04. The van der Waals surface area contributed by atoms with Crippen molar-refractivity contribution in [2.75, 3.05) is 19.0 Å². The molecule has 1 aromatic rings. The van der Waals surface area contributed by atoms with Crippen molar-refractivity contribution in [2.24, 2.45) is 0 Å². The maximum Gasteiger partial charge on any atom is 0.305 e. The first kappa shape index (κ1) is 13.0.